The van der Waals surface area contributed by atoms with Gasteiger partial charge in [0.1, 0.15) is 0 Å². The number of rotatable bonds is 6. The Bertz CT molecular complexity index is 726. The smallest absolute Gasteiger partial charge is 0.337 e. The second-order valence-electron chi connectivity index (χ2n) is 4.89. The third-order valence-corrected chi connectivity index (χ3v) is 4.32. The van der Waals surface area contributed by atoms with Gasteiger partial charge in [-0.3, -0.25) is 9.59 Å². The molecule has 0 unspecified atom stereocenters. The van der Waals surface area contributed by atoms with Gasteiger partial charge in [-0.2, -0.15) is 0 Å². The topological polar surface area (TPSA) is 81.7 Å². The van der Waals surface area contributed by atoms with Gasteiger partial charge in [0.15, 0.2) is 0 Å². The van der Waals surface area contributed by atoms with E-state index in [1.807, 2.05) is 17.5 Å². The highest BCUT2D eigenvalue weighted by molar-refractivity contribution is 7.10. The summed E-state index contributed by atoms with van der Waals surface area (Å²) < 4.78 is 9.33. The van der Waals surface area contributed by atoms with Crippen LogP contribution < -0.4 is 5.32 Å². The number of amides is 1. The minimum absolute atomic E-state index is 0.0272. The summed E-state index contributed by atoms with van der Waals surface area (Å²) in [5.74, 6) is -1.32. The summed E-state index contributed by atoms with van der Waals surface area (Å²) in [5.41, 5.74) is 0.593. The summed E-state index contributed by atoms with van der Waals surface area (Å²) in [5, 5.41) is 4.67. The molecule has 0 saturated heterocycles. The number of thiophene rings is 1. The van der Waals surface area contributed by atoms with Crippen molar-refractivity contribution in [3.05, 3.63) is 57.8 Å². The van der Waals surface area contributed by atoms with Gasteiger partial charge < -0.3 is 14.8 Å². The highest BCUT2D eigenvalue weighted by Crippen LogP contribution is 2.23. The second kappa shape index (κ2) is 8.26. The van der Waals surface area contributed by atoms with E-state index in [2.05, 4.69) is 14.8 Å². The minimum atomic E-state index is -0.519. The first kappa shape index (κ1) is 17.7. The molecule has 0 aliphatic heterocycles. The van der Waals surface area contributed by atoms with Gasteiger partial charge in [0.2, 0.25) is 0 Å². The Morgan fingerprint density at radius 3 is 2.46 bits per heavy atom. The lowest BCUT2D eigenvalue weighted by molar-refractivity contribution is -0.141. The van der Waals surface area contributed by atoms with Crippen LogP contribution in [0, 0.1) is 0 Å². The van der Waals surface area contributed by atoms with Crippen LogP contribution in [-0.4, -0.2) is 32.1 Å². The molecule has 24 heavy (non-hydrogen) atoms. The van der Waals surface area contributed by atoms with E-state index in [-0.39, 0.29) is 17.9 Å². The van der Waals surface area contributed by atoms with Crippen molar-refractivity contribution in [2.45, 2.75) is 12.5 Å². The SMILES string of the molecule is COC(=O)C[C@@H](NC(=O)c1cccc(C(=O)OC)c1)c1cccs1. The molecule has 0 radical (unpaired) electrons. The number of ether oxygens (including phenoxy) is 2. The monoisotopic (exact) mass is 347 g/mol. The summed E-state index contributed by atoms with van der Waals surface area (Å²) in [6, 6.07) is 9.38. The van der Waals surface area contributed by atoms with Gasteiger partial charge in [0.05, 0.1) is 32.2 Å². The molecule has 2 rings (SSSR count). The fourth-order valence-corrected chi connectivity index (χ4v) is 2.89. The number of nitrogens with one attached hydrogen (secondary N) is 1. The zero-order valence-corrected chi connectivity index (χ0v) is 14.1. The first-order valence-electron chi connectivity index (χ1n) is 7.14. The van der Waals surface area contributed by atoms with Crippen LogP contribution in [0.5, 0.6) is 0 Å². The number of hydrogen-bond acceptors (Lipinski definition) is 6. The van der Waals surface area contributed by atoms with Crippen molar-refractivity contribution in [3.63, 3.8) is 0 Å². The van der Waals surface area contributed by atoms with Crippen LogP contribution in [0.1, 0.15) is 38.1 Å². The van der Waals surface area contributed by atoms with Crippen molar-refractivity contribution in [2.24, 2.45) is 0 Å². The van der Waals surface area contributed by atoms with Crippen molar-refractivity contribution < 1.29 is 23.9 Å². The number of esters is 2. The first-order valence-corrected chi connectivity index (χ1v) is 8.02. The van der Waals surface area contributed by atoms with E-state index >= 15 is 0 Å². The normalized spacial score (nSPS) is 11.4. The van der Waals surface area contributed by atoms with E-state index in [4.69, 9.17) is 0 Å². The molecule has 0 fully saturated rings. The van der Waals surface area contributed by atoms with E-state index in [1.54, 1.807) is 18.2 Å². The third kappa shape index (κ3) is 4.42. The molecule has 0 aliphatic carbocycles. The number of carbonyl (C=O) groups excluding carboxylic acids is 3. The Morgan fingerprint density at radius 2 is 1.83 bits per heavy atom. The lowest BCUT2D eigenvalue weighted by atomic mass is 10.1. The van der Waals surface area contributed by atoms with E-state index in [0.29, 0.717) is 5.56 Å². The second-order valence-corrected chi connectivity index (χ2v) is 5.87. The lowest BCUT2D eigenvalue weighted by Gasteiger charge is -2.16. The predicted molar refractivity (Wildman–Crippen MR) is 88.9 cm³/mol. The molecule has 0 bridgehead atoms. The van der Waals surface area contributed by atoms with Crippen LogP contribution in [0.2, 0.25) is 0 Å². The molecule has 1 aromatic heterocycles. The van der Waals surface area contributed by atoms with Crippen molar-refractivity contribution in [2.75, 3.05) is 14.2 Å². The van der Waals surface area contributed by atoms with Gasteiger partial charge in [0.25, 0.3) is 5.91 Å². The van der Waals surface area contributed by atoms with Gasteiger partial charge in [-0.1, -0.05) is 12.1 Å². The lowest BCUT2D eigenvalue weighted by Crippen LogP contribution is -2.30. The maximum Gasteiger partial charge on any atom is 0.337 e. The summed E-state index contributed by atoms with van der Waals surface area (Å²) in [7, 11) is 2.58. The standard InChI is InChI=1S/C17H17NO5S/c1-22-15(19)10-13(14-7-4-8-24-14)18-16(20)11-5-3-6-12(9-11)17(21)23-2/h3-9,13H,10H2,1-2H3,(H,18,20)/t13-/m1/s1. The fraction of sp³-hybridized carbons (Fsp3) is 0.235. The van der Waals surface area contributed by atoms with Crippen molar-refractivity contribution in [1.29, 1.82) is 0 Å². The number of methoxy groups -OCH3 is 2. The zero-order valence-electron chi connectivity index (χ0n) is 13.3. The number of carbonyl (C=O) groups is 3. The Hall–Kier alpha value is -2.67. The summed E-state index contributed by atoms with van der Waals surface area (Å²) in [6.07, 6.45) is 0.0272. The fourth-order valence-electron chi connectivity index (χ4n) is 2.11. The van der Waals surface area contributed by atoms with Gasteiger partial charge in [-0.25, -0.2) is 4.79 Å². The molecular weight excluding hydrogens is 330 g/mol. The number of hydrogen-bond donors (Lipinski definition) is 1. The summed E-state index contributed by atoms with van der Waals surface area (Å²) >= 11 is 1.44. The Labute approximate surface area is 143 Å². The molecule has 1 N–H and O–H groups in total. The van der Waals surface area contributed by atoms with Crippen LogP contribution >= 0.6 is 11.3 Å². The quantitative estimate of drug-likeness (QED) is 0.812. The van der Waals surface area contributed by atoms with Crippen LogP contribution in [0.15, 0.2) is 41.8 Å². The summed E-state index contributed by atoms with van der Waals surface area (Å²) in [6.45, 7) is 0. The van der Waals surface area contributed by atoms with Crippen molar-refractivity contribution >= 4 is 29.2 Å². The average Bonchev–Trinajstić information content (AvgIpc) is 3.14. The molecule has 0 saturated carbocycles. The van der Waals surface area contributed by atoms with Gasteiger partial charge in [-0.05, 0) is 29.6 Å². The zero-order chi connectivity index (χ0) is 17.5. The molecule has 1 aromatic carbocycles. The van der Waals surface area contributed by atoms with Gasteiger partial charge in [0, 0.05) is 10.4 Å². The number of benzene rings is 1. The average molecular weight is 347 g/mol. The summed E-state index contributed by atoms with van der Waals surface area (Å²) in [4.78, 5) is 36.5. The Kier molecular flexibility index (Phi) is 6.08. The van der Waals surface area contributed by atoms with E-state index < -0.39 is 18.0 Å². The van der Waals surface area contributed by atoms with Crippen molar-refractivity contribution in [1.82, 2.24) is 5.32 Å². The first-order chi connectivity index (χ1) is 11.5. The van der Waals surface area contributed by atoms with Crippen LogP contribution in [-0.2, 0) is 14.3 Å². The van der Waals surface area contributed by atoms with Crippen LogP contribution in [0.4, 0.5) is 0 Å². The highest BCUT2D eigenvalue weighted by Gasteiger charge is 2.21. The third-order valence-electron chi connectivity index (χ3n) is 3.34. The molecule has 7 heteroatoms. The Morgan fingerprint density at radius 1 is 1.08 bits per heavy atom. The van der Waals surface area contributed by atoms with E-state index in [9.17, 15) is 14.4 Å². The molecule has 1 amide bonds. The largest absolute Gasteiger partial charge is 0.469 e. The van der Waals surface area contributed by atoms with Gasteiger partial charge >= 0.3 is 11.9 Å². The van der Waals surface area contributed by atoms with Gasteiger partial charge in [-0.15, -0.1) is 11.3 Å². The van der Waals surface area contributed by atoms with E-state index in [0.717, 1.165) is 4.88 Å². The predicted octanol–water partition coefficient (Wildman–Crippen LogP) is 2.57. The molecule has 1 heterocycles. The molecule has 1 atom stereocenters. The highest BCUT2D eigenvalue weighted by atomic mass is 32.1. The molecule has 2 aromatic rings. The van der Waals surface area contributed by atoms with E-state index in [1.165, 1.54) is 31.6 Å². The van der Waals surface area contributed by atoms with Crippen molar-refractivity contribution in [3.8, 4) is 0 Å². The molecule has 6 nitrogen and oxygen atoms in total. The maximum absolute atomic E-state index is 12.5. The molecule has 0 spiro atoms. The maximum atomic E-state index is 12.5. The molecule has 126 valence electrons. The minimum Gasteiger partial charge on any atom is -0.469 e. The molecule has 0 aliphatic rings. The molecular formula is C17H17NO5S. The van der Waals surface area contributed by atoms with Crippen LogP contribution in [0.25, 0.3) is 0 Å². The van der Waals surface area contributed by atoms with Crippen LogP contribution in [0.3, 0.4) is 0 Å². The Balaban J connectivity index is 2.18.